The van der Waals surface area contributed by atoms with Crippen molar-refractivity contribution in [2.24, 2.45) is 0 Å². The number of fused-ring (bicyclic) bond motifs is 1. The van der Waals surface area contributed by atoms with Gasteiger partial charge in [0.25, 0.3) is 5.91 Å². The van der Waals surface area contributed by atoms with Gasteiger partial charge in [0, 0.05) is 35.3 Å². The first-order valence-corrected chi connectivity index (χ1v) is 9.73. The fraction of sp³-hybridized carbons (Fsp3) is 0.182. The van der Waals surface area contributed by atoms with Gasteiger partial charge in [0.2, 0.25) is 0 Å². The molecule has 6 nitrogen and oxygen atoms in total. The van der Waals surface area contributed by atoms with Gasteiger partial charge in [-0.3, -0.25) is 4.79 Å². The third-order valence-corrected chi connectivity index (χ3v) is 5.14. The minimum atomic E-state index is -0.429. The number of nitrogens with zero attached hydrogens (tertiary/aromatic N) is 1. The Morgan fingerprint density at radius 2 is 2.00 bits per heavy atom. The second-order valence-electron chi connectivity index (χ2n) is 6.26. The van der Waals surface area contributed by atoms with Gasteiger partial charge >= 0.3 is 0 Å². The molecule has 7 heteroatoms. The number of para-hydroxylation sites is 1. The Balaban J connectivity index is 1.72. The number of hydrogen-bond donors (Lipinski definition) is 2. The van der Waals surface area contributed by atoms with Crippen LogP contribution in [0.4, 0.5) is 0 Å². The normalized spacial score (nSPS) is 11.2. The van der Waals surface area contributed by atoms with E-state index in [1.54, 1.807) is 19.2 Å². The zero-order valence-corrected chi connectivity index (χ0v) is 17.7. The summed E-state index contributed by atoms with van der Waals surface area (Å²) in [6, 6.07) is 13.4. The van der Waals surface area contributed by atoms with Crippen LogP contribution in [-0.4, -0.2) is 31.7 Å². The van der Waals surface area contributed by atoms with Crippen molar-refractivity contribution < 1.29 is 14.3 Å². The van der Waals surface area contributed by atoms with Crippen LogP contribution in [0.5, 0.6) is 11.5 Å². The number of amides is 1. The Hall–Kier alpha value is -3.24. The van der Waals surface area contributed by atoms with Gasteiger partial charge in [0.05, 0.1) is 18.7 Å². The van der Waals surface area contributed by atoms with Crippen molar-refractivity contribution in [1.29, 1.82) is 5.26 Å². The number of methoxy groups -OCH3 is 2. The molecule has 0 aliphatic rings. The van der Waals surface area contributed by atoms with E-state index in [9.17, 15) is 10.1 Å². The second kappa shape index (κ2) is 9.30. The van der Waals surface area contributed by atoms with Gasteiger partial charge in [-0.15, -0.1) is 0 Å². The Bertz CT molecular complexity index is 1110. The number of carbonyl (C=O) groups excluding carboxylic acids is 1. The van der Waals surface area contributed by atoms with Gasteiger partial charge < -0.3 is 19.8 Å². The molecular formula is C22H20BrN3O3. The highest BCUT2D eigenvalue weighted by Crippen LogP contribution is 2.34. The smallest absolute Gasteiger partial charge is 0.261 e. The molecular weight excluding hydrogens is 434 g/mol. The van der Waals surface area contributed by atoms with Crippen LogP contribution < -0.4 is 14.8 Å². The summed E-state index contributed by atoms with van der Waals surface area (Å²) < 4.78 is 11.3. The fourth-order valence-corrected chi connectivity index (χ4v) is 3.57. The van der Waals surface area contributed by atoms with E-state index in [1.807, 2.05) is 36.5 Å². The molecule has 0 saturated carbocycles. The van der Waals surface area contributed by atoms with E-state index < -0.39 is 5.91 Å². The van der Waals surface area contributed by atoms with E-state index >= 15 is 0 Å². The number of carbonyl (C=O) groups is 1. The summed E-state index contributed by atoms with van der Waals surface area (Å²) in [6.45, 7) is 0.420. The molecule has 1 heterocycles. The summed E-state index contributed by atoms with van der Waals surface area (Å²) in [5.41, 5.74) is 2.77. The lowest BCUT2D eigenvalue weighted by atomic mass is 10.1. The predicted molar refractivity (Wildman–Crippen MR) is 116 cm³/mol. The Kier molecular flexibility index (Phi) is 6.57. The molecule has 1 aromatic heterocycles. The maximum absolute atomic E-state index is 12.5. The lowest BCUT2D eigenvalue weighted by molar-refractivity contribution is -0.117. The van der Waals surface area contributed by atoms with Gasteiger partial charge in [0.1, 0.15) is 23.1 Å². The number of nitrogens with one attached hydrogen (secondary N) is 2. The van der Waals surface area contributed by atoms with Gasteiger partial charge in [-0.05, 0) is 46.1 Å². The zero-order valence-electron chi connectivity index (χ0n) is 16.1. The summed E-state index contributed by atoms with van der Waals surface area (Å²) in [6.07, 6.45) is 4.10. The van der Waals surface area contributed by atoms with Crippen molar-refractivity contribution in [1.82, 2.24) is 10.3 Å². The van der Waals surface area contributed by atoms with Crippen LogP contribution in [0.3, 0.4) is 0 Å². The van der Waals surface area contributed by atoms with Crippen LogP contribution in [-0.2, 0) is 11.2 Å². The number of aromatic nitrogens is 1. The number of H-pyrrole nitrogens is 1. The lowest BCUT2D eigenvalue weighted by Gasteiger charge is -2.10. The molecule has 3 rings (SSSR count). The van der Waals surface area contributed by atoms with Crippen LogP contribution in [0.1, 0.15) is 11.1 Å². The quantitative estimate of drug-likeness (QED) is 0.414. The van der Waals surface area contributed by atoms with Gasteiger partial charge in [-0.1, -0.05) is 18.2 Å². The van der Waals surface area contributed by atoms with E-state index in [0.717, 1.165) is 16.5 Å². The maximum Gasteiger partial charge on any atom is 0.261 e. The molecule has 29 heavy (non-hydrogen) atoms. The number of ether oxygens (including phenoxy) is 2. The molecule has 0 saturated heterocycles. The lowest BCUT2D eigenvalue weighted by Crippen LogP contribution is -2.26. The Morgan fingerprint density at radius 1 is 1.24 bits per heavy atom. The molecule has 0 aliphatic heterocycles. The molecule has 1 amide bonds. The minimum absolute atomic E-state index is 0.000654. The zero-order chi connectivity index (χ0) is 20.8. The number of rotatable bonds is 7. The highest BCUT2D eigenvalue weighted by molar-refractivity contribution is 9.10. The molecule has 0 atom stereocenters. The van der Waals surface area contributed by atoms with Crippen molar-refractivity contribution in [2.75, 3.05) is 20.8 Å². The monoisotopic (exact) mass is 453 g/mol. The van der Waals surface area contributed by atoms with Crippen molar-refractivity contribution >= 4 is 38.8 Å². The number of hydrogen-bond acceptors (Lipinski definition) is 4. The first kappa shape index (κ1) is 20.5. The Labute approximate surface area is 177 Å². The summed E-state index contributed by atoms with van der Waals surface area (Å²) in [4.78, 5) is 15.7. The SMILES string of the molecule is COc1cc(OC)c(/C=C(/C#N)C(=O)NCCc2c[nH]c3ccccc23)cc1Br. The molecule has 0 spiro atoms. The standard InChI is InChI=1S/C22H20BrN3O3/c1-28-20-11-21(29-2)18(23)10-15(20)9-16(12-24)22(27)25-8-7-14-13-26-19-6-4-3-5-17(14)19/h3-6,9-11,13,26H,7-8H2,1-2H3,(H,25,27)/b16-9-. The van der Waals surface area contributed by atoms with E-state index in [1.165, 1.54) is 13.2 Å². The first-order chi connectivity index (χ1) is 14.1. The first-order valence-electron chi connectivity index (χ1n) is 8.94. The van der Waals surface area contributed by atoms with Crippen LogP contribution in [0.25, 0.3) is 17.0 Å². The molecule has 0 radical (unpaired) electrons. The van der Waals surface area contributed by atoms with E-state index in [-0.39, 0.29) is 5.57 Å². The van der Waals surface area contributed by atoms with Gasteiger partial charge in [0.15, 0.2) is 0 Å². The van der Waals surface area contributed by atoms with Crippen molar-refractivity contribution in [2.45, 2.75) is 6.42 Å². The van der Waals surface area contributed by atoms with Gasteiger partial charge in [-0.25, -0.2) is 0 Å². The maximum atomic E-state index is 12.5. The molecule has 0 fully saturated rings. The van der Waals surface area contributed by atoms with Crippen LogP contribution in [0.15, 0.2) is 52.6 Å². The van der Waals surface area contributed by atoms with Crippen molar-refractivity contribution in [3.63, 3.8) is 0 Å². The van der Waals surface area contributed by atoms with E-state index in [2.05, 4.69) is 26.2 Å². The molecule has 2 N–H and O–H groups in total. The summed E-state index contributed by atoms with van der Waals surface area (Å²) in [5.74, 6) is 0.673. The second-order valence-corrected chi connectivity index (χ2v) is 7.12. The number of halogens is 1. The Morgan fingerprint density at radius 3 is 2.72 bits per heavy atom. The van der Waals surface area contributed by atoms with Crippen LogP contribution in [0, 0.1) is 11.3 Å². The molecule has 0 unspecified atom stereocenters. The summed E-state index contributed by atoms with van der Waals surface area (Å²) in [7, 11) is 3.07. The topological polar surface area (TPSA) is 87.1 Å². The molecule has 0 aliphatic carbocycles. The summed E-state index contributed by atoms with van der Waals surface area (Å²) >= 11 is 3.41. The minimum Gasteiger partial charge on any atom is -0.496 e. The largest absolute Gasteiger partial charge is 0.496 e. The van der Waals surface area contributed by atoms with Gasteiger partial charge in [-0.2, -0.15) is 5.26 Å². The molecule has 3 aromatic rings. The third-order valence-electron chi connectivity index (χ3n) is 4.52. The highest BCUT2D eigenvalue weighted by Gasteiger charge is 2.13. The number of benzene rings is 2. The van der Waals surface area contributed by atoms with Crippen LogP contribution in [0.2, 0.25) is 0 Å². The van der Waals surface area contributed by atoms with Crippen LogP contribution >= 0.6 is 15.9 Å². The molecule has 0 bridgehead atoms. The molecule has 2 aromatic carbocycles. The fourth-order valence-electron chi connectivity index (χ4n) is 3.04. The molecule has 148 valence electrons. The predicted octanol–water partition coefficient (Wildman–Crippen LogP) is 4.21. The van der Waals surface area contributed by atoms with E-state index in [0.29, 0.717) is 34.5 Å². The average molecular weight is 454 g/mol. The average Bonchev–Trinajstić information content (AvgIpc) is 3.15. The van der Waals surface area contributed by atoms with Crippen molar-refractivity contribution in [3.8, 4) is 17.6 Å². The third kappa shape index (κ3) is 4.61. The number of nitriles is 1. The van der Waals surface area contributed by atoms with E-state index in [4.69, 9.17) is 9.47 Å². The highest BCUT2D eigenvalue weighted by atomic mass is 79.9. The summed E-state index contributed by atoms with van der Waals surface area (Å²) in [5, 5.41) is 13.4. The number of aromatic amines is 1. The van der Waals surface area contributed by atoms with Crippen molar-refractivity contribution in [3.05, 3.63) is 63.8 Å².